The molecule has 0 saturated heterocycles. The van der Waals surface area contributed by atoms with Crippen molar-refractivity contribution < 1.29 is 23.0 Å². The van der Waals surface area contributed by atoms with Crippen LogP contribution in [0.25, 0.3) is 0 Å². The van der Waals surface area contributed by atoms with E-state index in [0.29, 0.717) is 5.75 Å². The summed E-state index contributed by atoms with van der Waals surface area (Å²) in [5.41, 5.74) is -0.243. The molecule has 0 aliphatic carbocycles. The fraction of sp³-hybridized carbons (Fsp3) is 0.133. The highest BCUT2D eigenvalue weighted by atomic mass is 19.1. The van der Waals surface area contributed by atoms with Crippen LogP contribution < -0.4 is 9.47 Å². The maximum Gasteiger partial charge on any atom is 0.199 e. The third kappa shape index (κ3) is 2.47. The molecule has 0 amide bonds. The normalized spacial score (nSPS) is 10.2. The molecule has 0 fully saturated rings. The second kappa shape index (κ2) is 5.69. The van der Waals surface area contributed by atoms with Crippen molar-refractivity contribution in [1.29, 1.82) is 0 Å². The van der Waals surface area contributed by atoms with Gasteiger partial charge in [-0.15, -0.1) is 0 Å². The number of rotatable bonds is 4. The largest absolute Gasteiger partial charge is 0.493 e. The van der Waals surface area contributed by atoms with Gasteiger partial charge in [-0.05, 0) is 30.3 Å². The molecule has 0 aromatic heterocycles. The highest BCUT2D eigenvalue weighted by Crippen LogP contribution is 2.32. The summed E-state index contributed by atoms with van der Waals surface area (Å²) in [5, 5.41) is 0. The van der Waals surface area contributed by atoms with E-state index in [1.54, 1.807) is 12.1 Å². The van der Waals surface area contributed by atoms with Crippen molar-refractivity contribution in [1.82, 2.24) is 0 Å². The Morgan fingerprint density at radius 1 is 1.00 bits per heavy atom. The first-order chi connectivity index (χ1) is 9.58. The summed E-state index contributed by atoms with van der Waals surface area (Å²) in [6.07, 6.45) is 0. The molecule has 0 saturated carbocycles. The van der Waals surface area contributed by atoms with Crippen molar-refractivity contribution in [3.05, 3.63) is 59.2 Å². The number of carbonyl (C=O) groups is 1. The molecule has 0 unspecified atom stereocenters. The summed E-state index contributed by atoms with van der Waals surface area (Å²) < 4.78 is 37.0. The van der Waals surface area contributed by atoms with Gasteiger partial charge in [0.1, 0.15) is 11.6 Å². The lowest BCUT2D eigenvalue weighted by Crippen LogP contribution is -2.07. The van der Waals surface area contributed by atoms with Crippen LogP contribution in [0.15, 0.2) is 36.4 Å². The van der Waals surface area contributed by atoms with E-state index in [-0.39, 0.29) is 16.9 Å². The number of para-hydroxylation sites is 1. The second-order valence-corrected chi connectivity index (χ2v) is 3.99. The molecule has 0 spiro atoms. The minimum atomic E-state index is -0.790. The van der Waals surface area contributed by atoms with Gasteiger partial charge in [0.05, 0.1) is 25.3 Å². The fourth-order valence-electron chi connectivity index (χ4n) is 1.88. The van der Waals surface area contributed by atoms with Crippen molar-refractivity contribution >= 4 is 5.78 Å². The summed E-state index contributed by atoms with van der Waals surface area (Å²) in [4.78, 5) is 12.3. The number of hydrogen-bond donors (Lipinski definition) is 0. The lowest BCUT2D eigenvalue weighted by Gasteiger charge is -2.12. The van der Waals surface area contributed by atoms with Crippen molar-refractivity contribution in [2.24, 2.45) is 0 Å². The quantitative estimate of drug-likeness (QED) is 0.806. The molecule has 2 aromatic carbocycles. The van der Waals surface area contributed by atoms with E-state index in [4.69, 9.17) is 9.47 Å². The molecule has 0 radical (unpaired) electrons. The van der Waals surface area contributed by atoms with E-state index < -0.39 is 17.4 Å². The summed E-state index contributed by atoms with van der Waals surface area (Å²) in [5.74, 6) is -1.62. The molecular weight excluding hydrogens is 266 g/mol. The number of carbonyl (C=O) groups excluding carboxylic acids is 1. The minimum absolute atomic E-state index is 0.108. The van der Waals surface area contributed by atoms with Gasteiger partial charge in [0, 0.05) is 0 Å². The highest BCUT2D eigenvalue weighted by Gasteiger charge is 2.21. The van der Waals surface area contributed by atoms with Crippen LogP contribution in [-0.2, 0) is 0 Å². The van der Waals surface area contributed by atoms with Crippen LogP contribution in [0.1, 0.15) is 15.9 Å². The lowest BCUT2D eigenvalue weighted by atomic mass is 10.0. The number of methoxy groups -OCH3 is 2. The maximum atomic E-state index is 13.7. The van der Waals surface area contributed by atoms with Gasteiger partial charge in [-0.2, -0.15) is 0 Å². The molecule has 104 valence electrons. The Bertz CT molecular complexity index is 654. The van der Waals surface area contributed by atoms with E-state index >= 15 is 0 Å². The molecule has 0 aliphatic heterocycles. The zero-order valence-corrected chi connectivity index (χ0v) is 10.9. The number of ether oxygens (including phenoxy) is 2. The van der Waals surface area contributed by atoms with Gasteiger partial charge in [-0.3, -0.25) is 4.79 Å². The molecule has 0 heterocycles. The molecule has 5 heteroatoms. The summed E-state index contributed by atoms with van der Waals surface area (Å²) in [6, 6.07) is 7.37. The monoisotopic (exact) mass is 278 g/mol. The van der Waals surface area contributed by atoms with Gasteiger partial charge in [0.25, 0.3) is 0 Å². The summed E-state index contributed by atoms with van der Waals surface area (Å²) in [7, 11) is 2.80. The standard InChI is InChI=1S/C15H12F2O3/c1-19-13-5-3-4-10(15(13)20-2)14(18)11-8-9(16)6-7-12(11)17/h3-8H,1-2H3. The van der Waals surface area contributed by atoms with Gasteiger partial charge >= 0.3 is 0 Å². The van der Waals surface area contributed by atoms with Crippen LogP contribution in [0.5, 0.6) is 11.5 Å². The maximum absolute atomic E-state index is 13.7. The number of hydrogen-bond acceptors (Lipinski definition) is 3. The second-order valence-electron chi connectivity index (χ2n) is 3.99. The van der Waals surface area contributed by atoms with Gasteiger partial charge in [0.15, 0.2) is 17.3 Å². The van der Waals surface area contributed by atoms with Crippen molar-refractivity contribution in [2.45, 2.75) is 0 Å². The van der Waals surface area contributed by atoms with Crippen LogP contribution in [-0.4, -0.2) is 20.0 Å². The Morgan fingerprint density at radius 3 is 2.40 bits per heavy atom. The first kappa shape index (κ1) is 14.0. The lowest BCUT2D eigenvalue weighted by molar-refractivity contribution is 0.103. The Labute approximate surface area is 114 Å². The zero-order chi connectivity index (χ0) is 14.7. The molecule has 3 nitrogen and oxygen atoms in total. The topological polar surface area (TPSA) is 35.5 Å². The third-order valence-corrected chi connectivity index (χ3v) is 2.82. The molecule has 0 bridgehead atoms. The van der Waals surface area contributed by atoms with Gasteiger partial charge in [-0.25, -0.2) is 8.78 Å². The van der Waals surface area contributed by atoms with E-state index in [0.717, 1.165) is 18.2 Å². The minimum Gasteiger partial charge on any atom is -0.493 e. The van der Waals surface area contributed by atoms with Gasteiger partial charge in [-0.1, -0.05) is 6.07 Å². The summed E-state index contributed by atoms with van der Waals surface area (Å²) in [6.45, 7) is 0. The Morgan fingerprint density at radius 2 is 1.75 bits per heavy atom. The van der Waals surface area contributed by atoms with E-state index in [2.05, 4.69) is 0 Å². The van der Waals surface area contributed by atoms with Crippen LogP contribution in [0.4, 0.5) is 8.78 Å². The first-order valence-corrected chi connectivity index (χ1v) is 5.79. The van der Waals surface area contributed by atoms with Crippen LogP contribution in [0.2, 0.25) is 0 Å². The smallest absolute Gasteiger partial charge is 0.199 e. The molecule has 0 aliphatic rings. The van der Waals surface area contributed by atoms with Crippen molar-refractivity contribution in [2.75, 3.05) is 14.2 Å². The van der Waals surface area contributed by atoms with E-state index in [1.807, 2.05) is 0 Å². The predicted molar refractivity (Wildman–Crippen MR) is 69.3 cm³/mol. The molecule has 2 rings (SSSR count). The molecule has 2 aromatic rings. The van der Waals surface area contributed by atoms with E-state index in [1.165, 1.54) is 20.3 Å². The average molecular weight is 278 g/mol. The molecule has 20 heavy (non-hydrogen) atoms. The molecular formula is C15H12F2O3. The zero-order valence-electron chi connectivity index (χ0n) is 10.9. The van der Waals surface area contributed by atoms with Crippen molar-refractivity contribution in [3.63, 3.8) is 0 Å². The van der Waals surface area contributed by atoms with Crippen LogP contribution in [0.3, 0.4) is 0 Å². The number of ketones is 1. The van der Waals surface area contributed by atoms with Crippen LogP contribution >= 0.6 is 0 Å². The fourth-order valence-corrected chi connectivity index (χ4v) is 1.88. The third-order valence-electron chi connectivity index (χ3n) is 2.82. The SMILES string of the molecule is COc1cccc(C(=O)c2cc(F)ccc2F)c1OC. The van der Waals surface area contributed by atoms with Crippen LogP contribution in [0, 0.1) is 11.6 Å². The molecule has 0 N–H and O–H groups in total. The van der Waals surface area contributed by atoms with Gasteiger partial charge < -0.3 is 9.47 Å². The highest BCUT2D eigenvalue weighted by molar-refractivity contribution is 6.11. The Hall–Kier alpha value is -2.43. The summed E-state index contributed by atoms with van der Waals surface area (Å²) >= 11 is 0. The van der Waals surface area contributed by atoms with E-state index in [9.17, 15) is 13.6 Å². The average Bonchev–Trinajstić information content (AvgIpc) is 2.48. The molecule has 0 atom stereocenters. The number of benzene rings is 2. The Kier molecular flexibility index (Phi) is 3.98. The number of halogens is 2. The van der Waals surface area contributed by atoms with Gasteiger partial charge in [0.2, 0.25) is 0 Å². The van der Waals surface area contributed by atoms with Crippen molar-refractivity contribution in [3.8, 4) is 11.5 Å². The first-order valence-electron chi connectivity index (χ1n) is 5.79. The Balaban J connectivity index is 2.56. The predicted octanol–water partition coefficient (Wildman–Crippen LogP) is 3.21.